The number of carbonyl (C=O) groups is 1. The zero-order valence-corrected chi connectivity index (χ0v) is 10.2. The summed E-state index contributed by atoms with van der Waals surface area (Å²) < 4.78 is 5.53. The van der Waals surface area contributed by atoms with Crippen molar-refractivity contribution in [2.24, 2.45) is 0 Å². The second-order valence-electron chi connectivity index (χ2n) is 3.95. The fourth-order valence-electron chi connectivity index (χ4n) is 2.15. The van der Waals surface area contributed by atoms with Crippen LogP contribution in [0.1, 0.15) is 20.3 Å². The molecule has 0 spiro atoms. The van der Waals surface area contributed by atoms with E-state index in [0.717, 1.165) is 17.9 Å². The number of hydrogen-bond donors (Lipinski definition) is 0. The lowest BCUT2D eigenvalue weighted by Crippen LogP contribution is -2.35. The number of anilines is 1. The minimum absolute atomic E-state index is 0.00602. The molecule has 0 fully saturated rings. The van der Waals surface area contributed by atoms with Crippen LogP contribution < -0.4 is 4.90 Å². The molecule has 1 aromatic rings. The van der Waals surface area contributed by atoms with E-state index < -0.39 is 0 Å². The van der Waals surface area contributed by atoms with Gasteiger partial charge in [0, 0.05) is 11.8 Å². The van der Waals surface area contributed by atoms with Gasteiger partial charge in [0.05, 0.1) is 12.6 Å². The topological polar surface area (TPSA) is 29.5 Å². The lowest BCUT2D eigenvalue weighted by molar-refractivity contribution is -0.113. The molecule has 2 rings (SSSR count). The summed E-state index contributed by atoms with van der Waals surface area (Å²) in [6.07, 6.45) is 2.46. The van der Waals surface area contributed by atoms with E-state index in [1.807, 2.05) is 37.3 Å². The second kappa shape index (κ2) is 5.04. The Bertz CT molecular complexity index is 425. The number of nitrogens with zero attached hydrogens (tertiary/aromatic N) is 1. The smallest absolute Gasteiger partial charge is 0.255 e. The number of amides is 1. The Hall–Kier alpha value is -1.77. The highest BCUT2D eigenvalue weighted by molar-refractivity contribution is 6.05. The first-order valence-corrected chi connectivity index (χ1v) is 6.00. The quantitative estimate of drug-likeness (QED) is 0.797. The molecule has 0 saturated carbocycles. The Morgan fingerprint density at radius 1 is 1.24 bits per heavy atom. The summed E-state index contributed by atoms with van der Waals surface area (Å²) in [6.45, 7) is 4.59. The number of carbonyl (C=O) groups excluding carboxylic acids is 1. The van der Waals surface area contributed by atoms with Crippen LogP contribution in [0.4, 0.5) is 5.69 Å². The van der Waals surface area contributed by atoms with Gasteiger partial charge in [-0.1, -0.05) is 25.1 Å². The van der Waals surface area contributed by atoms with Gasteiger partial charge in [-0.25, -0.2) is 0 Å². The molecule has 17 heavy (non-hydrogen) atoms. The Labute approximate surface area is 102 Å². The summed E-state index contributed by atoms with van der Waals surface area (Å²) in [4.78, 5) is 13.8. The van der Waals surface area contributed by atoms with Crippen molar-refractivity contribution in [3.63, 3.8) is 0 Å². The number of ether oxygens (including phenoxy) is 1. The highest BCUT2D eigenvalue weighted by Gasteiger charge is 2.33. The average Bonchev–Trinajstić information content (AvgIpc) is 2.67. The van der Waals surface area contributed by atoms with Gasteiger partial charge in [-0.2, -0.15) is 0 Å². The van der Waals surface area contributed by atoms with Gasteiger partial charge >= 0.3 is 0 Å². The minimum Gasteiger partial charge on any atom is -0.496 e. The number of benzene rings is 1. The molecule has 0 bridgehead atoms. The normalized spacial score (nSPS) is 19.4. The van der Waals surface area contributed by atoms with Crippen LogP contribution in [0.3, 0.4) is 0 Å². The number of para-hydroxylation sites is 1. The summed E-state index contributed by atoms with van der Waals surface area (Å²) in [6, 6.07) is 9.75. The first-order chi connectivity index (χ1) is 8.27. The monoisotopic (exact) mass is 231 g/mol. The third-order valence-electron chi connectivity index (χ3n) is 2.88. The van der Waals surface area contributed by atoms with E-state index in [4.69, 9.17) is 4.74 Å². The van der Waals surface area contributed by atoms with Gasteiger partial charge in [-0.05, 0) is 25.5 Å². The zero-order chi connectivity index (χ0) is 12.3. The molecular weight excluding hydrogens is 214 g/mol. The zero-order valence-electron chi connectivity index (χ0n) is 10.2. The maximum Gasteiger partial charge on any atom is 0.255 e. The van der Waals surface area contributed by atoms with E-state index in [1.54, 1.807) is 11.0 Å². The third-order valence-corrected chi connectivity index (χ3v) is 2.88. The molecule has 0 N–H and O–H groups in total. The molecule has 1 aliphatic heterocycles. The molecule has 1 unspecified atom stereocenters. The van der Waals surface area contributed by atoms with Crippen molar-refractivity contribution in [2.45, 2.75) is 26.3 Å². The molecule has 0 saturated heterocycles. The van der Waals surface area contributed by atoms with Crippen LogP contribution in [0.2, 0.25) is 0 Å². The first-order valence-electron chi connectivity index (χ1n) is 6.00. The van der Waals surface area contributed by atoms with Crippen molar-refractivity contribution in [1.82, 2.24) is 0 Å². The summed E-state index contributed by atoms with van der Waals surface area (Å²) in [5.74, 6) is 0.787. The largest absolute Gasteiger partial charge is 0.496 e. The molecule has 3 heteroatoms. The van der Waals surface area contributed by atoms with E-state index in [1.165, 1.54) is 0 Å². The van der Waals surface area contributed by atoms with Gasteiger partial charge in [0.2, 0.25) is 0 Å². The van der Waals surface area contributed by atoms with Crippen molar-refractivity contribution in [3.8, 4) is 0 Å². The molecule has 0 aromatic heterocycles. The van der Waals surface area contributed by atoms with Crippen molar-refractivity contribution >= 4 is 11.6 Å². The van der Waals surface area contributed by atoms with Crippen LogP contribution in [0.25, 0.3) is 0 Å². The Balaban J connectivity index is 2.28. The van der Waals surface area contributed by atoms with E-state index >= 15 is 0 Å². The second-order valence-corrected chi connectivity index (χ2v) is 3.95. The molecule has 1 aliphatic rings. The van der Waals surface area contributed by atoms with Crippen molar-refractivity contribution < 1.29 is 9.53 Å². The van der Waals surface area contributed by atoms with Crippen LogP contribution in [-0.4, -0.2) is 18.6 Å². The fourth-order valence-corrected chi connectivity index (χ4v) is 2.15. The van der Waals surface area contributed by atoms with Crippen LogP contribution in [0, 0.1) is 0 Å². The Morgan fingerprint density at radius 3 is 2.53 bits per heavy atom. The standard InChI is InChI=1S/C14H17NO2/c1-3-12-13(17-4-2)10-14(16)15(12)11-8-6-5-7-9-11/h5-10,12H,3-4H2,1-2H3. The minimum atomic E-state index is 0.00602. The lowest BCUT2D eigenvalue weighted by Gasteiger charge is -2.25. The van der Waals surface area contributed by atoms with Crippen LogP contribution in [0.5, 0.6) is 0 Å². The van der Waals surface area contributed by atoms with Gasteiger partial charge in [-0.3, -0.25) is 9.69 Å². The first kappa shape index (κ1) is 11.7. The van der Waals surface area contributed by atoms with E-state index in [2.05, 4.69) is 6.92 Å². The predicted octanol–water partition coefficient (Wildman–Crippen LogP) is 2.73. The van der Waals surface area contributed by atoms with Gasteiger partial charge in [0.1, 0.15) is 5.76 Å². The van der Waals surface area contributed by atoms with Gasteiger partial charge in [0.25, 0.3) is 5.91 Å². The molecule has 0 aliphatic carbocycles. The average molecular weight is 231 g/mol. The highest BCUT2D eigenvalue weighted by Crippen LogP contribution is 2.28. The molecule has 0 radical (unpaired) electrons. The van der Waals surface area contributed by atoms with Crippen molar-refractivity contribution in [3.05, 3.63) is 42.2 Å². The molecular formula is C14H17NO2. The summed E-state index contributed by atoms with van der Waals surface area (Å²) in [7, 11) is 0. The molecule has 1 atom stereocenters. The van der Waals surface area contributed by atoms with Gasteiger partial charge < -0.3 is 4.74 Å². The maximum absolute atomic E-state index is 12.0. The maximum atomic E-state index is 12.0. The highest BCUT2D eigenvalue weighted by atomic mass is 16.5. The van der Waals surface area contributed by atoms with E-state index in [0.29, 0.717) is 6.61 Å². The van der Waals surface area contributed by atoms with E-state index in [-0.39, 0.29) is 11.9 Å². The lowest BCUT2D eigenvalue weighted by atomic mass is 10.1. The molecule has 3 nitrogen and oxygen atoms in total. The van der Waals surface area contributed by atoms with Crippen molar-refractivity contribution in [1.29, 1.82) is 0 Å². The Morgan fingerprint density at radius 2 is 1.94 bits per heavy atom. The third kappa shape index (κ3) is 2.18. The fraction of sp³-hybridized carbons (Fsp3) is 0.357. The Kier molecular flexibility index (Phi) is 3.47. The summed E-state index contributed by atoms with van der Waals surface area (Å²) in [5.41, 5.74) is 0.926. The molecule has 1 amide bonds. The molecule has 1 heterocycles. The predicted molar refractivity (Wildman–Crippen MR) is 67.7 cm³/mol. The van der Waals surface area contributed by atoms with Crippen LogP contribution >= 0.6 is 0 Å². The van der Waals surface area contributed by atoms with Gasteiger partial charge in [-0.15, -0.1) is 0 Å². The van der Waals surface area contributed by atoms with Crippen molar-refractivity contribution in [2.75, 3.05) is 11.5 Å². The summed E-state index contributed by atoms with van der Waals surface area (Å²) in [5, 5.41) is 0. The summed E-state index contributed by atoms with van der Waals surface area (Å²) >= 11 is 0. The van der Waals surface area contributed by atoms with E-state index in [9.17, 15) is 4.79 Å². The molecule has 90 valence electrons. The van der Waals surface area contributed by atoms with Crippen LogP contribution in [-0.2, 0) is 9.53 Å². The SMILES string of the molecule is CCOC1=CC(=O)N(c2ccccc2)C1CC. The molecule has 1 aromatic carbocycles. The number of rotatable bonds is 4. The number of hydrogen-bond acceptors (Lipinski definition) is 2. The van der Waals surface area contributed by atoms with Gasteiger partial charge in [0.15, 0.2) is 0 Å². The van der Waals surface area contributed by atoms with Crippen LogP contribution in [0.15, 0.2) is 42.2 Å².